The van der Waals surface area contributed by atoms with E-state index < -0.39 is 0 Å². The summed E-state index contributed by atoms with van der Waals surface area (Å²) in [7, 11) is 0. The Hall–Kier alpha value is -6.64. The van der Waals surface area contributed by atoms with Crippen LogP contribution in [-0.4, -0.2) is 6.04 Å². The average molecular weight is 668 g/mol. The molecule has 0 saturated carbocycles. The summed E-state index contributed by atoms with van der Waals surface area (Å²) in [6, 6.07) is 58.4. The van der Waals surface area contributed by atoms with Crippen LogP contribution in [0.25, 0.3) is 54.8 Å². The van der Waals surface area contributed by atoms with Gasteiger partial charge in [-0.2, -0.15) is 0 Å². The van der Waals surface area contributed by atoms with E-state index in [4.69, 9.17) is 4.42 Å². The average Bonchev–Trinajstić information content (AvgIpc) is 3.66. The van der Waals surface area contributed by atoms with E-state index in [2.05, 4.69) is 200 Å². The Morgan fingerprint density at radius 2 is 1.33 bits per heavy atom. The molecule has 7 aromatic carbocycles. The van der Waals surface area contributed by atoms with Crippen molar-refractivity contribution in [2.75, 3.05) is 4.90 Å². The van der Waals surface area contributed by atoms with Gasteiger partial charge in [0.1, 0.15) is 11.3 Å². The Morgan fingerprint density at radius 1 is 0.615 bits per heavy atom. The van der Waals surface area contributed by atoms with Crippen LogP contribution in [0.1, 0.15) is 23.3 Å². The van der Waals surface area contributed by atoms with Crippen molar-refractivity contribution in [3.8, 4) is 11.1 Å². The van der Waals surface area contributed by atoms with Crippen molar-refractivity contribution in [2.45, 2.75) is 12.5 Å². The third-order valence-corrected chi connectivity index (χ3v) is 10.1. The normalized spacial score (nSPS) is 14.5. The van der Waals surface area contributed by atoms with Gasteiger partial charge in [0.15, 0.2) is 0 Å². The molecular formula is C50H37NO. The van der Waals surface area contributed by atoms with Crippen LogP contribution in [0.2, 0.25) is 0 Å². The first-order valence-electron chi connectivity index (χ1n) is 17.9. The van der Waals surface area contributed by atoms with Crippen LogP contribution < -0.4 is 4.90 Å². The molecule has 52 heavy (non-hydrogen) atoms. The fourth-order valence-corrected chi connectivity index (χ4v) is 7.59. The minimum absolute atomic E-state index is 0.0977. The summed E-state index contributed by atoms with van der Waals surface area (Å²) in [5.41, 5.74) is 10.1. The molecule has 0 amide bonds. The maximum Gasteiger partial charge on any atom is 0.142 e. The molecule has 9 rings (SSSR count). The van der Waals surface area contributed by atoms with Gasteiger partial charge in [0.25, 0.3) is 0 Å². The van der Waals surface area contributed by atoms with Gasteiger partial charge in [-0.05, 0) is 81.2 Å². The standard InChI is InChI=1S/C50H37NO/c1-2-13-47(49-34-42-27-25-37-15-8-9-21-45(37)50(42)52-49)46-22-10-11-23-48(46)51(43-19-4-3-5-20-43)44-30-28-36(29-31-44)39-17-12-18-40(32-39)41-26-24-35-14-6-7-16-38(35)33-41/h2-30,32-34,44H,1,31H2/b47-13-. The lowest BCUT2D eigenvalue weighted by Gasteiger charge is -2.35. The second-order valence-electron chi connectivity index (χ2n) is 13.3. The summed E-state index contributed by atoms with van der Waals surface area (Å²) in [4.78, 5) is 2.46. The minimum Gasteiger partial charge on any atom is -0.455 e. The lowest BCUT2D eigenvalue weighted by Crippen LogP contribution is -2.30. The molecule has 248 valence electrons. The van der Waals surface area contributed by atoms with Crippen molar-refractivity contribution >= 4 is 55.0 Å². The van der Waals surface area contributed by atoms with Crippen molar-refractivity contribution in [1.82, 2.24) is 0 Å². The SMILES string of the molecule is C=C/C=C(\c1cc2ccc3ccccc3c2o1)c1ccccc1N(c1ccccc1)C1C=CC(c2cccc(-c3ccc4ccccc4c3)c2)=CC1. The summed E-state index contributed by atoms with van der Waals surface area (Å²) >= 11 is 0. The summed E-state index contributed by atoms with van der Waals surface area (Å²) in [5.74, 6) is 0.819. The molecule has 0 fully saturated rings. The molecule has 0 bridgehead atoms. The molecule has 1 unspecified atom stereocenters. The predicted molar refractivity (Wildman–Crippen MR) is 221 cm³/mol. The molecule has 8 aromatic rings. The zero-order valence-corrected chi connectivity index (χ0v) is 28.8. The number of anilines is 2. The summed E-state index contributed by atoms with van der Waals surface area (Å²) in [5, 5.41) is 5.87. The zero-order chi connectivity index (χ0) is 34.9. The van der Waals surface area contributed by atoms with E-state index in [1.54, 1.807) is 0 Å². The van der Waals surface area contributed by atoms with Crippen LogP contribution in [-0.2, 0) is 0 Å². The summed E-state index contributed by atoms with van der Waals surface area (Å²) in [6.07, 6.45) is 11.8. The molecule has 0 saturated heterocycles. The molecule has 1 atom stereocenters. The van der Waals surface area contributed by atoms with Crippen LogP contribution in [0.4, 0.5) is 11.4 Å². The number of nitrogens with zero attached hydrogens (tertiary/aromatic N) is 1. The maximum absolute atomic E-state index is 6.70. The fourth-order valence-electron chi connectivity index (χ4n) is 7.59. The number of hydrogen-bond acceptors (Lipinski definition) is 2. The van der Waals surface area contributed by atoms with Gasteiger partial charge in [-0.3, -0.25) is 0 Å². The Kier molecular flexibility index (Phi) is 8.19. The Balaban J connectivity index is 1.08. The Morgan fingerprint density at radius 3 is 2.17 bits per heavy atom. The second kappa shape index (κ2) is 13.6. The third kappa shape index (κ3) is 5.85. The fraction of sp³-hybridized carbons (Fsp3) is 0.0400. The number of hydrogen-bond donors (Lipinski definition) is 0. The van der Waals surface area contributed by atoms with Crippen molar-refractivity contribution in [2.24, 2.45) is 0 Å². The molecule has 1 aliphatic carbocycles. The first kappa shape index (κ1) is 31.3. The highest BCUT2D eigenvalue weighted by Gasteiger charge is 2.25. The van der Waals surface area contributed by atoms with Crippen molar-refractivity contribution in [3.05, 3.63) is 218 Å². The van der Waals surface area contributed by atoms with Crippen LogP contribution in [0.3, 0.4) is 0 Å². The quantitative estimate of drug-likeness (QED) is 0.150. The molecule has 1 aliphatic rings. The summed E-state index contributed by atoms with van der Waals surface area (Å²) < 4.78 is 6.70. The Bertz CT molecular complexity index is 2690. The molecule has 0 N–H and O–H groups in total. The topological polar surface area (TPSA) is 16.4 Å². The van der Waals surface area contributed by atoms with Crippen LogP contribution >= 0.6 is 0 Å². The van der Waals surface area contributed by atoms with E-state index in [9.17, 15) is 0 Å². The molecule has 0 spiro atoms. The lowest BCUT2D eigenvalue weighted by molar-refractivity contribution is 0.603. The highest BCUT2D eigenvalue weighted by atomic mass is 16.3. The van der Waals surface area contributed by atoms with Gasteiger partial charge in [-0.1, -0.05) is 164 Å². The number of allylic oxidation sites excluding steroid dienone is 4. The molecule has 1 aromatic heterocycles. The van der Waals surface area contributed by atoms with Gasteiger partial charge >= 0.3 is 0 Å². The number of fused-ring (bicyclic) bond motifs is 4. The van der Waals surface area contributed by atoms with Crippen LogP contribution in [0.15, 0.2) is 205 Å². The maximum atomic E-state index is 6.70. The number of benzene rings is 7. The Labute approximate surface area is 304 Å². The minimum atomic E-state index is 0.0977. The number of rotatable bonds is 8. The predicted octanol–water partition coefficient (Wildman–Crippen LogP) is 13.6. The van der Waals surface area contributed by atoms with Crippen LogP contribution in [0.5, 0.6) is 0 Å². The van der Waals surface area contributed by atoms with E-state index >= 15 is 0 Å². The molecule has 2 nitrogen and oxygen atoms in total. The van der Waals surface area contributed by atoms with E-state index in [1.807, 2.05) is 6.08 Å². The van der Waals surface area contributed by atoms with E-state index in [1.165, 1.54) is 33.0 Å². The zero-order valence-electron chi connectivity index (χ0n) is 28.8. The van der Waals surface area contributed by atoms with Gasteiger partial charge < -0.3 is 9.32 Å². The monoisotopic (exact) mass is 667 g/mol. The lowest BCUT2D eigenvalue weighted by atomic mass is 9.92. The second-order valence-corrected chi connectivity index (χ2v) is 13.3. The first-order valence-corrected chi connectivity index (χ1v) is 17.9. The van der Waals surface area contributed by atoms with Gasteiger partial charge in [-0.25, -0.2) is 0 Å². The van der Waals surface area contributed by atoms with Gasteiger partial charge in [0.2, 0.25) is 0 Å². The highest BCUT2D eigenvalue weighted by molar-refractivity contribution is 6.05. The smallest absolute Gasteiger partial charge is 0.142 e. The van der Waals surface area contributed by atoms with Crippen molar-refractivity contribution in [1.29, 1.82) is 0 Å². The third-order valence-electron chi connectivity index (χ3n) is 10.1. The molecule has 2 heteroatoms. The van der Waals surface area contributed by atoms with Gasteiger partial charge in [0.05, 0.1) is 6.04 Å². The van der Waals surface area contributed by atoms with Crippen molar-refractivity contribution in [3.63, 3.8) is 0 Å². The number of para-hydroxylation sites is 2. The van der Waals surface area contributed by atoms with E-state index in [0.717, 1.165) is 56.4 Å². The van der Waals surface area contributed by atoms with E-state index in [-0.39, 0.29) is 6.04 Å². The van der Waals surface area contributed by atoms with E-state index in [0.29, 0.717) is 0 Å². The molecular weight excluding hydrogens is 631 g/mol. The molecule has 0 radical (unpaired) electrons. The first-order chi connectivity index (χ1) is 25.7. The number of furan rings is 1. The molecule has 1 heterocycles. The van der Waals surface area contributed by atoms with Gasteiger partial charge in [-0.15, -0.1) is 0 Å². The molecule has 0 aliphatic heterocycles. The largest absolute Gasteiger partial charge is 0.455 e. The highest BCUT2D eigenvalue weighted by Crippen LogP contribution is 2.41. The summed E-state index contributed by atoms with van der Waals surface area (Å²) in [6.45, 7) is 4.10. The van der Waals surface area contributed by atoms with Crippen molar-refractivity contribution < 1.29 is 4.42 Å². The van der Waals surface area contributed by atoms with Crippen LogP contribution in [0, 0.1) is 0 Å². The van der Waals surface area contributed by atoms with Gasteiger partial charge in [0, 0.05) is 33.3 Å².